The lowest BCUT2D eigenvalue weighted by atomic mass is 9.87. The summed E-state index contributed by atoms with van der Waals surface area (Å²) < 4.78 is 0. The van der Waals surface area contributed by atoms with E-state index in [4.69, 9.17) is 23.2 Å². The van der Waals surface area contributed by atoms with Crippen LogP contribution in [-0.4, -0.2) is 24.4 Å². The van der Waals surface area contributed by atoms with Gasteiger partial charge < -0.3 is 5.32 Å². The highest BCUT2D eigenvalue weighted by Crippen LogP contribution is 2.34. The average Bonchev–Trinajstić information content (AvgIpc) is 2.61. The number of amides is 1. The van der Waals surface area contributed by atoms with Crippen molar-refractivity contribution in [3.63, 3.8) is 0 Å². The van der Waals surface area contributed by atoms with Crippen molar-refractivity contribution in [2.75, 3.05) is 18.9 Å². The summed E-state index contributed by atoms with van der Waals surface area (Å²) in [6.07, 6.45) is 3.32. The molecule has 1 aliphatic rings. The molecule has 0 aromatic heterocycles. The van der Waals surface area contributed by atoms with E-state index in [2.05, 4.69) is 34.5 Å². The molecule has 25 heavy (non-hydrogen) atoms. The first-order valence-electron chi connectivity index (χ1n) is 8.50. The monoisotopic (exact) mass is 376 g/mol. The number of carbonyl (C=O) groups excluding carboxylic acids is 1. The van der Waals surface area contributed by atoms with Crippen LogP contribution in [0.5, 0.6) is 0 Å². The first kappa shape index (κ1) is 18.2. The summed E-state index contributed by atoms with van der Waals surface area (Å²) in [5.41, 5.74) is 4.09. The van der Waals surface area contributed by atoms with Gasteiger partial charge in [-0.3, -0.25) is 9.69 Å². The molecular formula is C20H22Cl2N2O. The minimum atomic E-state index is -0.111. The minimum absolute atomic E-state index is 0.111. The van der Waals surface area contributed by atoms with Gasteiger partial charge in [0, 0.05) is 6.04 Å². The zero-order valence-electron chi connectivity index (χ0n) is 14.5. The second-order valence-electron chi connectivity index (χ2n) is 6.62. The Morgan fingerprint density at radius 2 is 2.00 bits per heavy atom. The standard InChI is InChI=1S/C20H22Cl2N2O/c1-13-10-11-16(21)20(19(13)22)23-18(25)12-24(2)17-9-5-7-14-6-3-4-8-15(14)17/h3-4,6,8,10-11,17H,5,7,9,12H2,1-2H3,(H,23,25)/t17-/m0/s1. The molecule has 0 saturated heterocycles. The molecule has 0 bridgehead atoms. The third-order valence-electron chi connectivity index (χ3n) is 4.81. The number of anilines is 1. The van der Waals surface area contributed by atoms with Gasteiger partial charge in [-0.15, -0.1) is 0 Å². The molecule has 0 heterocycles. The van der Waals surface area contributed by atoms with Gasteiger partial charge in [-0.25, -0.2) is 0 Å². The van der Waals surface area contributed by atoms with Gasteiger partial charge in [0.05, 0.1) is 22.3 Å². The van der Waals surface area contributed by atoms with Crippen LogP contribution in [-0.2, 0) is 11.2 Å². The molecule has 0 unspecified atom stereocenters. The molecule has 0 spiro atoms. The summed E-state index contributed by atoms with van der Waals surface area (Å²) in [6, 6.07) is 12.3. The summed E-state index contributed by atoms with van der Waals surface area (Å²) >= 11 is 12.5. The molecule has 5 heteroatoms. The maximum Gasteiger partial charge on any atom is 0.238 e. The van der Waals surface area contributed by atoms with Crippen LogP contribution < -0.4 is 5.32 Å². The average molecular weight is 377 g/mol. The lowest BCUT2D eigenvalue weighted by Crippen LogP contribution is -2.35. The van der Waals surface area contributed by atoms with Crippen LogP contribution in [0.4, 0.5) is 5.69 Å². The lowest BCUT2D eigenvalue weighted by Gasteiger charge is -2.33. The summed E-state index contributed by atoms with van der Waals surface area (Å²) in [6.45, 7) is 2.18. The Balaban J connectivity index is 1.71. The highest BCUT2D eigenvalue weighted by atomic mass is 35.5. The second kappa shape index (κ2) is 7.77. The van der Waals surface area contributed by atoms with E-state index in [1.807, 2.05) is 20.0 Å². The number of aryl methyl sites for hydroxylation is 2. The van der Waals surface area contributed by atoms with Crippen LogP contribution in [0.3, 0.4) is 0 Å². The Morgan fingerprint density at radius 1 is 1.24 bits per heavy atom. The van der Waals surface area contributed by atoms with Crippen molar-refractivity contribution < 1.29 is 4.79 Å². The number of rotatable bonds is 4. The fourth-order valence-corrected chi connectivity index (χ4v) is 3.94. The molecule has 1 aliphatic carbocycles. The van der Waals surface area contributed by atoms with E-state index in [1.165, 1.54) is 11.1 Å². The highest BCUT2D eigenvalue weighted by molar-refractivity contribution is 6.40. The van der Waals surface area contributed by atoms with Gasteiger partial charge in [0.1, 0.15) is 0 Å². The number of nitrogens with zero attached hydrogens (tertiary/aromatic N) is 1. The molecule has 0 fully saturated rings. The van der Waals surface area contributed by atoms with Gasteiger partial charge in [0.2, 0.25) is 5.91 Å². The number of nitrogens with one attached hydrogen (secondary N) is 1. The van der Waals surface area contributed by atoms with Crippen molar-refractivity contribution in [2.24, 2.45) is 0 Å². The van der Waals surface area contributed by atoms with Crippen molar-refractivity contribution in [1.29, 1.82) is 0 Å². The van der Waals surface area contributed by atoms with Crippen molar-refractivity contribution >= 4 is 34.8 Å². The molecule has 3 rings (SSSR count). The minimum Gasteiger partial charge on any atom is -0.322 e. The smallest absolute Gasteiger partial charge is 0.238 e. The first-order chi connectivity index (χ1) is 12.0. The van der Waals surface area contributed by atoms with Crippen LogP contribution in [0.25, 0.3) is 0 Å². The third kappa shape index (κ3) is 4.00. The number of carbonyl (C=O) groups is 1. The Bertz CT molecular complexity index is 791. The fourth-order valence-electron chi connectivity index (χ4n) is 3.47. The fraction of sp³-hybridized carbons (Fsp3) is 0.350. The molecule has 3 nitrogen and oxygen atoms in total. The molecule has 2 aromatic rings. The maximum atomic E-state index is 12.5. The van der Waals surface area contributed by atoms with Crippen molar-refractivity contribution in [3.05, 3.63) is 63.1 Å². The van der Waals surface area contributed by atoms with Gasteiger partial charge in [0.25, 0.3) is 0 Å². The second-order valence-corrected chi connectivity index (χ2v) is 7.41. The summed E-state index contributed by atoms with van der Waals surface area (Å²) in [4.78, 5) is 14.6. The Kier molecular flexibility index (Phi) is 5.67. The summed E-state index contributed by atoms with van der Waals surface area (Å²) in [7, 11) is 1.99. The number of hydrogen-bond acceptors (Lipinski definition) is 2. The first-order valence-corrected chi connectivity index (χ1v) is 9.25. The topological polar surface area (TPSA) is 32.3 Å². The van der Waals surface area contributed by atoms with E-state index in [0.717, 1.165) is 24.8 Å². The van der Waals surface area contributed by atoms with Crippen molar-refractivity contribution in [3.8, 4) is 0 Å². The predicted octanol–water partition coefficient (Wildman–Crippen LogP) is 5.25. The predicted molar refractivity (Wildman–Crippen MR) is 105 cm³/mol. The molecule has 1 atom stereocenters. The number of likely N-dealkylation sites (N-methyl/N-ethyl adjacent to an activating group) is 1. The van der Waals surface area contributed by atoms with Gasteiger partial charge in [-0.1, -0.05) is 53.5 Å². The van der Waals surface area contributed by atoms with E-state index in [9.17, 15) is 4.79 Å². The SMILES string of the molecule is Cc1ccc(Cl)c(NC(=O)CN(C)[C@H]2CCCc3ccccc32)c1Cl. The molecule has 1 amide bonds. The molecule has 0 aliphatic heterocycles. The van der Waals surface area contributed by atoms with Gasteiger partial charge >= 0.3 is 0 Å². The van der Waals surface area contributed by atoms with E-state index in [-0.39, 0.29) is 11.9 Å². The van der Waals surface area contributed by atoms with Crippen LogP contribution in [0.15, 0.2) is 36.4 Å². The van der Waals surface area contributed by atoms with Gasteiger partial charge in [0.15, 0.2) is 0 Å². The number of halogens is 2. The molecule has 0 saturated carbocycles. The molecule has 0 radical (unpaired) electrons. The number of fused-ring (bicyclic) bond motifs is 1. The maximum absolute atomic E-state index is 12.5. The number of hydrogen-bond donors (Lipinski definition) is 1. The highest BCUT2D eigenvalue weighted by Gasteiger charge is 2.25. The Hall–Kier alpha value is -1.55. The van der Waals surface area contributed by atoms with Crippen LogP contribution in [0.2, 0.25) is 10.0 Å². The van der Waals surface area contributed by atoms with E-state index >= 15 is 0 Å². The Labute approximate surface area is 158 Å². The largest absolute Gasteiger partial charge is 0.322 e. The van der Waals surface area contributed by atoms with Crippen LogP contribution in [0.1, 0.15) is 35.6 Å². The van der Waals surface area contributed by atoms with Crippen LogP contribution in [0, 0.1) is 6.92 Å². The van der Waals surface area contributed by atoms with Crippen molar-refractivity contribution in [2.45, 2.75) is 32.2 Å². The zero-order valence-corrected chi connectivity index (χ0v) is 16.0. The summed E-state index contributed by atoms with van der Waals surface area (Å²) in [5.74, 6) is -0.111. The molecular weight excluding hydrogens is 355 g/mol. The molecule has 1 N–H and O–H groups in total. The third-order valence-corrected chi connectivity index (χ3v) is 5.61. The normalized spacial score (nSPS) is 16.6. The van der Waals surface area contributed by atoms with Crippen LogP contribution >= 0.6 is 23.2 Å². The zero-order chi connectivity index (χ0) is 18.0. The van der Waals surface area contributed by atoms with E-state index < -0.39 is 0 Å². The summed E-state index contributed by atoms with van der Waals surface area (Å²) in [5, 5.41) is 3.81. The van der Waals surface area contributed by atoms with E-state index in [1.54, 1.807) is 6.07 Å². The molecule has 132 valence electrons. The Morgan fingerprint density at radius 3 is 2.80 bits per heavy atom. The van der Waals surface area contributed by atoms with Crippen molar-refractivity contribution in [1.82, 2.24) is 4.90 Å². The lowest BCUT2D eigenvalue weighted by molar-refractivity contribution is -0.117. The number of benzene rings is 2. The van der Waals surface area contributed by atoms with E-state index in [0.29, 0.717) is 22.3 Å². The van der Waals surface area contributed by atoms with Gasteiger partial charge in [-0.05, 0) is 56.0 Å². The molecule has 2 aromatic carbocycles. The quantitative estimate of drug-likeness (QED) is 0.789. The van der Waals surface area contributed by atoms with Gasteiger partial charge in [-0.2, -0.15) is 0 Å².